The van der Waals surface area contributed by atoms with Crippen molar-refractivity contribution in [2.45, 2.75) is 20.0 Å². The minimum absolute atomic E-state index is 0.212. The minimum Gasteiger partial charge on any atom is -0.478 e. The summed E-state index contributed by atoms with van der Waals surface area (Å²) in [6.45, 7) is 3.10. The van der Waals surface area contributed by atoms with Crippen molar-refractivity contribution in [2.75, 3.05) is 18.1 Å². The standard InChI is InChI=1S/C14H18N2O4S/c1-2-21(20)6-5-15-14(19)16-8-11-4-3-10(13(17)18)7-12(11)9-16/h3-4,7H,2,5-6,8-9H2,1H3,(H,15,19)(H,17,18). The number of nitrogens with zero attached hydrogens (tertiary/aromatic N) is 1. The zero-order valence-electron chi connectivity index (χ0n) is 11.8. The molecule has 0 bridgehead atoms. The topological polar surface area (TPSA) is 86.7 Å². The van der Waals surface area contributed by atoms with Gasteiger partial charge in [0.05, 0.1) is 5.56 Å². The van der Waals surface area contributed by atoms with Crippen LogP contribution in [0.2, 0.25) is 0 Å². The molecule has 2 amide bonds. The Kier molecular flexibility index (Phi) is 4.95. The van der Waals surface area contributed by atoms with Crippen molar-refractivity contribution in [3.63, 3.8) is 0 Å². The van der Waals surface area contributed by atoms with Gasteiger partial charge >= 0.3 is 12.0 Å². The van der Waals surface area contributed by atoms with Crippen LogP contribution in [0, 0.1) is 0 Å². The molecule has 21 heavy (non-hydrogen) atoms. The molecule has 0 saturated heterocycles. The van der Waals surface area contributed by atoms with Crippen LogP contribution in [0.3, 0.4) is 0 Å². The Morgan fingerprint density at radius 3 is 2.71 bits per heavy atom. The summed E-state index contributed by atoms with van der Waals surface area (Å²) in [5, 5.41) is 11.7. The summed E-state index contributed by atoms with van der Waals surface area (Å²) in [5.74, 6) is 0.0672. The molecule has 1 aliphatic heterocycles. The van der Waals surface area contributed by atoms with Gasteiger partial charge in [0.25, 0.3) is 0 Å². The molecular formula is C14H18N2O4S. The molecule has 2 rings (SSSR count). The first-order chi connectivity index (χ1) is 10.0. The molecule has 0 aromatic heterocycles. The van der Waals surface area contributed by atoms with E-state index < -0.39 is 16.8 Å². The largest absolute Gasteiger partial charge is 0.478 e. The second kappa shape index (κ2) is 6.71. The van der Waals surface area contributed by atoms with Crippen LogP contribution >= 0.6 is 0 Å². The second-order valence-electron chi connectivity index (χ2n) is 4.81. The molecule has 1 heterocycles. The molecule has 7 heteroatoms. The van der Waals surface area contributed by atoms with E-state index in [9.17, 15) is 13.8 Å². The highest BCUT2D eigenvalue weighted by molar-refractivity contribution is 7.84. The van der Waals surface area contributed by atoms with Crippen LogP contribution in [0.15, 0.2) is 18.2 Å². The molecule has 1 aliphatic rings. The second-order valence-corrected chi connectivity index (χ2v) is 6.67. The van der Waals surface area contributed by atoms with E-state index in [1.54, 1.807) is 23.1 Å². The first-order valence-electron chi connectivity index (χ1n) is 6.74. The maximum Gasteiger partial charge on any atom is 0.335 e. The predicted octanol–water partition coefficient (Wildman–Crippen LogP) is 1.18. The van der Waals surface area contributed by atoms with Crippen LogP contribution in [0.1, 0.15) is 28.4 Å². The van der Waals surface area contributed by atoms with Gasteiger partial charge in [-0.15, -0.1) is 0 Å². The Morgan fingerprint density at radius 2 is 2.05 bits per heavy atom. The number of carboxylic acids is 1. The van der Waals surface area contributed by atoms with Gasteiger partial charge in [0.15, 0.2) is 0 Å². The fourth-order valence-corrected chi connectivity index (χ4v) is 2.82. The highest BCUT2D eigenvalue weighted by Crippen LogP contribution is 2.23. The van der Waals surface area contributed by atoms with Crippen LogP contribution in [0.25, 0.3) is 0 Å². The van der Waals surface area contributed by atoms with E-state index in [0.29, 0.717) is 31.1 Å². The summed E-state index contributed by atoms with van der Waals surface area (Å²) in [6, 6.07) is 4.69. The monoisotopic (exact) mass is 310 g/mol. The lowest BCUT2D eigenvalue weighted by atomic mass is 10.1. The number of urea groups is 1. The third-order valence-electron chi connectivity index (χ3n) is 3.39. The number of amides is 2. The fraction of sp³-hybridized carbons (Fsp3) is 0.429. The van der Waals surface area contributed by atoms with Gasteiger partial charge in [-0.25, -0.2) is 9.59 Å². The maximum absolute atomic E-state index is 12.0. The number of benzene rings is 1. The lowest BCUT2D eigenvalue weighted by Gasteiger charge is -2.16. The fourth-order valence-electron chi connectivity index (χ4n) is 2.20. The third-order valence-corrected chi connectivity index (χ3v) is 4.69. The van der Waals surface area contributed by atoms with Crippen molar-refractivity contribution in [3.8, 4) is 0 Å². The van der Waals surface area contributed by atoms with Gasteiger partial charge in [-0.3, -0.25) is 4.21 Å². The summed E-state index contributed by atoms with van der Waals surface area (Å²) in [4.78, 5) is 24.5. The normalized spacial score (nSPS) is 14.6. The highest BCUT2D eigenvalue weighted by Gasteiger charge is 2.23. The van der Waals surface area contributed by atoms with Gasteiger partial charge in [-0.2, -0.15) is 0 Å². The number of aromatic carboxylic acids is 1. The van der Waals surface area contributed by atoms with Crippen LogP contribution in [-0.2, 0) is 23.9 Å². The minimum atomic E-state index is -0.970. The summed E-state index contributed by atoms with van der Waals surface area (Å²) in [5.41, 5.74) is 2.06. The molecule has 0 saturated carbocycles. The molecule has 114 valence electrons. The first kappa shape index (κ1) is 15.5. The molecule has 0 radical (unpaired) electrons. The van der Waals surface area contributed by atoms with E-state index in [1.807, 2.05) is 6.92 Å². The maximum atomic E-state index is 12.0. The van der Waals surface area contributed by atoms with E-state index >= 15 is 0 Å². The highest BCUT2D eigenvalue weighted by atomic mass is 32.2. The summed E-state index contributed by atoms with van der Waals surface area (Å²) >= 11 is 0. The first-order valence-corrected chi connectivity index (χ1v) is 8.23. The molecule has 1 atom stereocenters. The van der Waals surface area contributed by atoms with Crippen molar-refractivity contribution in [1.82, 2.24) is 10.2 Å². The number of hydrogen-bond acceptors (Lipinski definition) is 3. The number of carboxylic acid groups (broad SMARTS) is 1. The Balaban J connectivity index is 1.91. The average molecular weight is 310 g/mol. The Labute approximate surface area is 125 Å². The molecular weight excluding hydrogens is 292 g/mol. The molecule has 0 spiro atoms. The predicted molar refractivity (Wildman–Crippen MR) is 79.6 cm³/mol. The van der Waals surface area contributed by atoms with Crippen LogP contribution in [-0.4, -0.2) is 44.3 Å². The number of carbonyl (C=O) groups is 2. The summed E-state index contributed by atoms with van der Waals surface area (Å²) in [6.07, 6.45) is 0. The molecule has 0 aliphatic carbocycles. The molecule has 1 unspecified atom stereocenters. The lowest BCUT2D eigenvalue weighted by Crippen LogP contribution is -2.38. The van der Waals surface area contributed by atoms with E-state index in [1.165, 1.54) is 0 Å². The third kappa shape index (κ3) is 3.81. The molecule has 2 N–H and O–H groups in total. The van der Waals surface area contributed by atoms with Gasteiger partial charge in [0, 0.05) is 41.9 Å². The van der Waals surface area contributed by atoms with Crippen molar-refractivity contribution >= 4 is 22.8 Å². The molecule has 1 aromatic rings. The number of carbonyl (C=O) groups excluding carboxylic acids is 1. The summed E-state index contributed by atoms with van der Waals surface area (Å²) in [7, 11) is -0.892. The number of nitrogens with one attached hydrogen (secondary N) is 1. The van der Waals surface area contributed by atoms with Crippen LogP contribution in [0.5, 0.6) is 0 Å². The smallest absolute Gasteiger partial charge is 0.335 e. The number of hydrogen-bond donors (Lipinski definition) is 2. The average Bonchev–Trinajstić information content (AvgIpc) is 2.89. The van der Waals surface area contributed by atoms with E-state index in [-0.39, 0.29) is 11.6 Å². The summed E-state index contributed by atoms with van der Waals surface area (Å²) < 4.78 is 11.3. The van der Waals surface area contributed by atoms with E-state index in [4.69, 9.17) is 5.11 Å². The Hall–Kier alpha value is -1.89. The zero-order valence-corrected chi connectivity index (χ0v) is 12.6. The van der Waals surface area contributed by atoms with Gasteiger partial charge < -0.3 is 15.3 Å². The molecule has 1 aromatic carbocycles. The van der Waals surface area contributed by atoms with Gasteiger partial charge in [0.1, 0.15) is 0 Å². The van der Waals surface area contributed by atoms with Gasteiger partial charge in [-0.05, 0) is 23.3 Å². The quantitative estimate of drug-likeness (QED) is 0.855. The van der Waals surface area contributed by atoms with E-state index in [0.717, 1.165) is 11.1 Å². The number of fused-ring (bicyclic) bond motifs is 1. The Morgan fingerprint density at radius 1 is 1.33 bits per heavy atom. The Bertz CT molecular complexity index is 588. The molecule has 0 fully saturated rings. The van der Waals surface area contributed by atoms with E-state index in [2.05, 4.69) is 5.32 Å². The van der Waals surface area contributed by atoms with Crippen molar-refractivity contribution in [1.29, 1.82) is 0 Å². The van der Waals surface area contributed by atoms with Gasteiger partial charge in [0.2, 0.25) is 0 Å². The SMILES string of the molecule is CCS(=O)CCNC(=O)N1Cc2ccc(C(=O)O)cc2C1. The zero-order chi connectivity index (χ0) is 15.4. The number of rotatable bonds is 5. The van der Waals surface area contributed by atoms with Crippen molar-refractivity contribution < 1.29 is 18.9 Å². The van der Waals surface area contributed by atoms with Crippen LogP contribution in [0.4, 0.5) is 4.79 Å². The lowest BCUT2D eigenvalue weighted by molar-refractivity contribution is 0.0696. The van der Waals surface area contributed by atoms with Gasteiger partial charge in [-0.1, -0.05) is 13.0 Å². The van der Waals surface area contributed by atoms with Crippen molar-refractivity contribution in [3.05, 3.63) is 34.9 Å². The van der Waals surface area contributed by atoms with Crippen LogP contribution < -0.4 is 5.32 Å². The molecule has 6 nitrogen and oxygen atoms in total. The van der Waals surface area contributed by atoms with Crippen molar-refractivity contribution in [2.24, 2.45) is 0 Å².